The molecule has 0 atom stereocenters. The van der Waals surface area contributed by atoms with Crippen molar-refractivity contribution < 1.29 is 4.74 Å². The minimum Gasteiger partial charge on any atom is -0.497 e. The Hall–Kier alpha value is -1.42. The SMILES string of the molecule is C#CCNC(=NC)NCc1cccc(OC)c1.I. The van der Waals surface area contributed by atoms with Crippen molar-refractivity contribution in [2.24, 2.45) is 4.99 Å². The predicted octanol–water partition coefficient (Wildman–Crippen LogP) is 1.61. The van der Waals surface area contributed by atoms with Crippen molar-refractivity contribution in [3.63, 3.8) is 0 Å². The zero-order chi connectivity index (χ0) is 12.5. The van der Waals surface area contributed by atoms with Crippen LogP contribution in [0.4, 0.5) is 0 Å². The Kier molecular flexibility index (Phi) is 8.84. The van der Waals surface area contributed by atoms with Gasteiger partial charge >= 0.3 is 0 Å². The molecule has 4 nitrogen and oxygen atoms in total. The first-order valence-electron chi connectivity index (χ1n) is 5.31. The van der Waals surface area contributed by atoms with E-state index >= 15 is 0 Å². The van der Waals surface area contributed by atoms with Crippen LogP contribution in [0.3, 0.4) is 0 Å². The van der Waals surface area contributed by atoms with Gasteiger partial charge in [0.1, 0.15) is 5.75 Å². The average molecular weight is 359 g/mol. The second kappa shape index (κ2) is 9.59. The number of rotatable bonds is 4. The van der Waals surface area contributed by atoms with E-state index in [1.54, 1.807) is 14.2 Å². The summed E-state index contributed by atoms with van der Waals surface area (Å²) in [5.41, 5.74) is 1.12. The van der Waals surface area contributed by atoms with Gasteiger partial charge in [-0.15, -0.1) is 30.4 Å². The molecule has 0 fully saturated rings. The smallest absolute Gasteiger partial charge is 0.192 e. The van der Waals surface area contributed by atoms with E-state index in [1.165, 1.54) is 0 Å². The van der Waals surface area contributed by atoms with Gasteiger partial charge in [0.25, 0.3) is 0 Å². The monoisotopic (exact) mass is 359 g/mol. The summed E-state index contributed by atoms with van der Waals surface area (Å²) in [5, 5.41) is 6.15. The van der Waals surface area contributed by atoms with E-state index in [0.717, 1.165) is 11.3 Å². The quantitative estimate of drug-likeness (QED) is 0.372. The third-order valence-electron chi connectivity index (χ3n) is 2.18. The van der Waals surface area contributed by atoms with Crippen LogP contribution in [0.15, 0.2) is 29.3 Å². The zero-order valence-corrected chi connectivity index (χ0v) is 12.9. The van der Waals surface area contributed by atoms with Gasteiger partial charge in [-0.1, -0.05) is 18.1 Å². The van der Waals surface area contributed by atoms with Crippen LogP contribution >= 0.6 is 24.0 Å². The van der Waals surface area contributed by atoms with E-state index in [2.05, 4.69) is 21.5 Å². The Morgan fingerprint density at radius 2 is 2.22 bits per heavy atom. The molecule has 2 N–H and O–H groups in total. The first-order chi connectivity index (χ1) is 8.30. The maximum Gasteiger partial charge on any atom is 0.192 e. The molecule has 1 aromatic rings. The van der Waals surface area contributed by atoms with Crippen molar-refractivity contribution in [1.29, 1.82) is 0 Å². The van der Waals surface area contributed by atoms with Gasteiger partial charge in [0.15, 0.2) is 5.96 Å². The van der Waals surface area contributed by atoms with Crippen molar-refractivity contribution in [2.75, 3.05) is 20.7 Å². The van der Waals surface area contributed by atoms with Gasteiger partial charge in [-0.2, -0.15) is 0 Å². The Labute approximate surface area is 125 Å². The highest BCUT2D eigenvalue weighted by molar-refractivity contribution is 14.0. The molecule has 5 heteroatoms. The maximum atomic E-state index is 5.16. The second-order valence-corrected chi connectivity index (χ2v) is 3.33. The van der Waals surface area contributed by atoms with Crippen molar-refractivity contribution in [3.8, 4) is 18.1 Å². The summed E-state index contributed by atoms with van der Waals surface area (Å²) in [6.07, 6.45) is 5.16. The Morgan fingerprint density at radius 3 is 2.83 bits per heavy atom. The minimum atomic E-state index is 0. The van der Waals surface area contributed by atoms with Crippen LogP contribution in [0.25, 0.3) is 0 Å². The average Bonchev–Trinajstić information content (AvgIpc) is 2.39. The summed E-state index contributed by atoms with van der Waals surface area (Å²) in [7, 11) is 3.36. The summed E-state index contributed by atoms with van der Waals surface area (Å²) in [6, 6.07) is 7.85. The topological polar surface area (TPSA) is 45.7 Å². The number of benzene rings is 1. The van der Waals surface area contributed by atoms with Crippen molar-refractivity contribution in [2.45, 2.75) is 6.54 Å². The second-order valence-electron chi connectivity index (χ2n) is 3.33. The molecule has 0 unspecified atom stereocenters. The number of terminal acetylenes is 1. The van der Waals surface area contributed by atoms with E-state index in [-0.39, 0.29) is 24.0 Å². The first-order valence-corrected chi connectivity index (χ1v) is 5.31. The zero-order valence-electron chi connectivity index (χ0n) is 10.6. The fourth-order valence-electron chi connectivity index (χ4n) is 1.32. The molecular weight excluding hydrogens is 341 g/mol. The summed E-state index contributed by atoms with van der Waals surface area (Å²) >= 11 is 0. The highest BCUT2D eigenvalue weighted by Gasteiger charge is 1.98. The summed E-state index contributed by atoms with van der Waals surface area (Å²) in [5.74, 6) is 4.03. The molecule has 0 aromatic heterocycles. The molecule has 0 aliphatic rings. The molecule has 0 amide bonds. The molecule has 1 aromatic carbocycles. The Bertz CT molecular complexity index is 426. The van der Waals surface area contributed by atoms with Crippen LogP contribution in [0.1, 0.15) is 5.56 Å². The first kappa shape index (κ1) is 16.6. The highest BCUT2D eigenvalue weighted by Crippen LogP contribution is 2.11. The number of guanidine groups is 1. The Balaban J connectivity index is 0.00000289. The minimum absolute atomic E-state index is 0. The molecule has 0 saturated heterocycles. The molecule has 0 radical (unpaired) electrons. The van der Waals surface area contributed by atoms with Gasteiger partial charge < -0.3 is 15.4 Å². The van der Waals surface area contributed by atoms with Gasteiger partial charge in [0.05, 0.1) is 13.7 Å². The third kappa shape index (κ3) is 5.77. The van der Waals surface area contributed by atoms with Crippen molar-refractivity contribution in [1.82, 2.24) is 10.6 Å². The third-order valence-corrected chi connectivity index (χ3v) is 2.18. The number of halogens is 1. The lowest BCUT2D eigenvalue weighted by Gasteiger charge is -2.10. The lowest BCUT2D eigenvalue weighted by molar-refractivity contribution is 0.414. The number of aliphatic imine (C=N–C) groups is 1. The van der Waals surface area contributed by atoms with Crippen LogP contribution in [-0.2, 0) is 6.54 Å². The van der Waals surface area contributed by atoms with Gasteiger partial charge in [-0.3, -0.25) is 4.99 Å². The number of methoxy groups -OCH3 is 1. The van der Waals surface area contributed by atoms with Crippen LogP contribution in [0.5, 0.6) is 5.75 Å². The Morgan fingerprint density at radius 1 is 1.44 bits per heavy atom. The van der Waals surface area contributed by atoms with Gasteiger partial charge in [0, 0.05) is 13.6 Å². The van der Waals surface area contributed by atoms with Crippen molar-refractivity contribution in [3.05, 3.63) is 29.8 Å². The van der Waals surface area contributed by atoms with E-state index in [1.807, 2.05) is 24.3 Å². The van der Waals surface area contributed by atoms with Crippen LogP contribution in [-0.4, -0.2) is 26.7 Å². The van der Waals surface area contributed by atoms with Crippen LogP contribution in [0.2, 0.25) is 0 Å². The lowest BCUT2D eigenvalue weighted by atomic mass is 10.2. The number of hydrogen-bond acceptors (Lipinski definition) is 2. The van der Waals surface area contributed by atoms with E-state index in [9.17, 15) is 0 Å². The number of ether oxygens (including phenoxy) is 1. The normalized spacial score (nSPS) is 9.94. The van der Waals surface area contributed by atoms with Crippen LogP contribution < -0.4 is 15.4 Å². The predicted molar refractivity (Wildman–Crippen MR) is 85.4 cm³/mol. The summed E-state index contributed by atoms with van der Waals surface area (Å²) in [4.78, 5) is 4.05. The van der Waals surface area contributed by atoms with Crippen molar-refractivity contribution >= 4 is 29.9 Å². The molecule has 0 heterocycles. The van der Waals surface area contributed by atoms with Gasteiger partial charge in [-0.05, 0) is 17.7 Å². The molecule has 0 spiro atoms. The molecule has 18 heavy (non-hydrogen) atoms. The molecule has 0 aliphatic heterocycles. The van der Waals surface area contributed by atoms with E-state index < -0.39 is 0 Å². The van der Waals surface area contributed by atoms with E-state index in [4.69, 9.17) is 11.2 Å². The molecule has 0 aliphatic carbocycles. The standard InChI is InChI=1S/C13H17N3O.HI/c1-4-8-15-13(14-2)16-10-11-6-5-7-12(9-11)17-3;/h1,5-7,9H,8,10H2,2-3H3,(H2,14,15,16);1H. The number of nitrogens with zero attached hydrogens (tertiary/aromatic N) is 1. The fourth-order valence-corrected chi connectivity index (χ4v) is 1.32. The summed E-state index contributed by atoms with van der Waals surface area (Å²) in [6.45, 7) is 1.12. The molecule has 1 rings (SSSR count). The molecule has 98 valence electrons. The molecule has 0 saturated carbocycles. The van der Waals surface area contributed by atoms with Crippen LogP contribution in [0, 0.1) is 12.3 Å². The lowest BCUT2D eigenvalue weighted by Crippen LogP contribution is -2.36. The van der Waals surface area contributed by atoms with Gasteiger partial charge in [-0.25, -0.2) is 0 Å². The highest BCUT2D eigenvalue weighted by atomic mass is 127. The van der Waals surface area contributed by atoms with E-state index in [0.29, 0.717) is 19.0 Å². The van der Waals surface area contributed by atoms with Gasteiger partial charge in [0.2, 0.25) is 0 Å². The summed E-state index contributed by atoms with van der Waals surface area (Å²) < 4.78 is 5.15. The maximum absolute atomic E-state index is 5.16. The number of hydrogen-bond donors (Lipinski definition) is 2. The molecular formula is C13H18IN3O. The largest absolute Gasteiger partial charge is 0.497 e. The number of nitrogens with one attached hydrogen (secondary N) is 2. The molecule has 0 bridgehead atoms. The fraction of sp³-hybridized carbons (Fsp3) is 0.308.